The highest BCUT2D eigenvalue weighted by molar-refractivity contribution is 6.09. The SMILES string of the molecule is O=C1C=C(Nc2ccc3[nH]ncc3c2)OC1=Cc1c[nH]c2ncccc12. The van der Waals surface area contributed by atoms with Crippen molar-refractivity contribution in [3.05, 3.63) is 72.2 Å². The third-order valence-corrected chi connectivity index (χ3v) is 4.20. The van der Waals surface area contributed by atoms with E-state index in [9.17, 15) is 4.79 Å². The summed E-state index contributed by atoms with van der Waals surface area (Å²) in [5.41, 5.74) is 3.38. The molecule has 0 saturated carbocycles. The first-order chi connectivity index (χ1) is 12.8. The van der Waals surface area contributed by atoms with Crippen LogP contribution in [-0.2, 0) is 9.53 Å². The molecule has 26 heavy (non-hydrogen) atoms. The molecule has 0 fully saturated rings. The van der Waals surface area contributed by atoms with E-state index < -0.39 is 0 Å². The lowest BCUT2D eigenvalue weighted by atomic mass is 10.2. The summed E-state index contributed by atoms with van der Waals surface area (Å²) in [5.74, 6) is 0.471. The van der Waals surface area contributed by atoms with Gasteiger partial charge in [0.1, 0.15) is 5.65 Å². The maximum absolute atomic E-state index is 12.3. The summed E-state index contributed by atoms with van der Waals surface area (Å²) in [6.07, 6.45) is 8.42. The smallest absolute Gasteiger partial charge is 0.226 e. The summed E-state index contributed by atoms with van der Waals surface area (Å²) >= 11 is 0. The monoisotopic (exact) mass is 343 g/mol. The Morgan fingerprint density at radius 2 is 2.19 bits per heavy atom. The second kappa shape index (κ2) is 5.59. The molecule has 4 aromatic rings. The zero-order chi connectivity index (χ0) is 17.5. The summed E-state index contributed by atoms with van der Waals surface area (Å²) in [6, 6.07) is 9.53. The van der Waals surface area contributed by atoms with Crippen LogP contribution in [0, 0.1) is 0 Å². The van der Waals surface area contributed by atoms with Crippen molar-refractivity contribution >= 4 is 39.5 Å². The minimum atomic E-state index is -0.185. The Morgan fingerprint density at radius 1 is 1.23 bits per heavy atom. The van der Waals surface area contributed by atoms with Crippen LogP contribution >= 0.6 is 0 Å². The molecule has 3 aromatic heterocycles. The lowest BCUT2D eigenvalue weighted by Gasteiger charge is -2.07. The number of rotatable bonds is 3. The molecule has 7 nitrogen and oxygen atoms in total. The molecule has 1 aromatic carbocycles. The molecule has 0 aliphatic carbocycles. The predicted octanol–water partition coefficient (Wildman–Crippen LogP) is 3.33. The van der Waals surface area contributed by atoms with Crippen LogP contribution < -0.4 is 5.32 Å². The largest absolute Gasteiger partial charge is 0.437 e. The number of nitrogens with one attached hydrogen (secondary N) is 3. The number of nitrogens with zero attached hydrogens (tertiary/aromatic N) is 2. The highest BCUT2D eigenvalue weighted by atomic mass is 16.5. The fraction of sp³-hybridized carbons (Fsp3) is 0. The number of aromatic amines is 2. The number of carbonyl (C=O) groups excluding carboxylic acids is 1. The number of hydrogen-bond acceptors (Lipinski definition) is 5. The van der Waals surface area contributed by atoms with Crippen LogP contribution in [0.5, 0.6) is 0 Å². The van der Waals surface area contributed by atoms with E-state index in [1.807, 2.05) is 30.3 Å². The molecule has 0 radical (unpaired) electrons. The Morgan fingerprint density at radius 3 is 3.15 bits per heavy atom. The van der Waals surface area contributed by atoms with Gasteiger partial charge in [0.05, 0.1) is 17.8 Å². The zero-order valence-corrected chi connectivity index (χ0v) is 13.5. The number of carbonyl (C=O) groups is 1. The van der Waals surface area contributed by atoms with Gasteiger partial charge < -0.3 is 15.0 Å². The predicted molar refractivity (Wildman–Crippen MR) is 98.0 cm³/mol. The summed E-state index contributed by atoms with van der Waals surface area (Å²) in [4.78, 5) is 19.6. The van der Waals surface area contributed by atoms with Crippen molar-refractivity contribution < 1.29 is 9.53 Å². The number of ketones is 1. The third kappa shape index (κ3) is 2.42. The molecule has 0 amide bonds. The number of fused-ring (bicyclic) bond motifs is 2. The van der Waals surface area contributed by atoms with Gasteiger partial charge >= 0.3 is 0 Å². The van der Waals surface area contributed by atoms with E-state index >= 15 is 0 Å². The molecule has 4 heterocycles. The molecule has 0 spiro atoms. The number of anilines is 1. The van der Waals surface area contributed by atoms with Crippen molar-refractivity contribution in [3.63, 3.8) is 0 Å². The number of pyridine rings is 1. The number of allylic oxidation sites excluding steroid dienone is 1. The van der Waals surface area contributed by atoms with E-state index in [2.05, 4.69) is 25.5 Å². The lowest BCUT2D eigenvalue weighted by Crippen LogP contribution is -1.99. The van der Waals surface area contributed by atoms with Crippen LogP contribution in [0.4, 0.5) is 5.69 Å². The number of benzene rings is 1. The average molecular weight is 343 g/mol. The Bertz CT molecular complexity index is 1210. The minimum absolute atomic E-state index is 0.185. The number of H-pyrrole nitrogens is 2. The number of aromatic nitrogens is 4. The van der Waals surface area contributed by atoms with Gasteiger partial charge in [-0.3, -0.25) is 9.89 Å². The van der Waals surface area contributed by atoms with Crippen molar-refractivity contribution in [2.24, 2.45) is 0 Å². The van der Waals surface area contributed by atoms with Crippen LogP contribution in [0.3, 0.4) is 0 Å². The molecule has 0 unspecified atom stereocenters. The van der Waals surface area contributed by atoms with Crippen LogP contribution in [0.1, 0.15) is 5.56 Å². The summed E-state index contributed by atoms with van der Waals surface area (Å²) in [6.45, 7) is 0. The lowest BCUT2D eigenvalue weighted by molar-refractivity contribution is -0.112. The Hall–Kier alpha value is -3.87. The maximum atomic E-state index is 12.3. The molecule has 1 aliphatic rings. The minimum Gasteiger partial charge on any atom is -0.437 e. The standard InChI is InChI=1S/C19H13N5O2/c25-16-8-18(23-13-3-4-15-12(6-13)10-22-24-15)26-17(16)7-11-9-21-19-14(11)2-1-5-20-19/h1-10,23H,(H,20,21)(H,22,24). The van der Waals surface area contributed by atoms with Gasteiger partial charge in [-0.1, -0.05) is 0 Å². The summed E-state index contributed by atoms with van der Waals surface area (Å²) in [5, 5.41) is 11.9. The van der Waals surface area contributed by atoms with Gasteiger partial charge in [-0.2, -0.15) is 5.10 Å². The maximum Gasteiger partial charge on any atom is 0.226 e. The average Bonchev–Trinajstić information content (AvgIpc) is 3.35. The first-order valence-electron chi connectivity index (χ1n) is 8.04. The van der Waals surface area contributed by atoms with Crippen molar-refractivity contribution in [2.75, 3.05) is 5.32 Å². The molecule has 0 saturated heterocycles. The van der Waals surface area contributed by atoms with Gasteiger partial charge in [0, 0.05) is 34.4 Å². The van der Waals surface area contributed by atoms with E-state index in [-0.39, 0.29) is 11.5 Å². The Kier molecular flexibility index (Phi) is 3.11. The van der Waals surface area contributed by atoms with Crippen molar-refractivity contribution in [2.45, 2.75) is 0 Å². The first kappa shape index (κ1) is 14.5. The molecular weight excluding hydrogens is 330 g/mol. The highest BCUT2D eigenvalue weighted by Gasteiger charge is 2.21. The second-order valence-electron chi connectivity index (χ2n) is 5.92. The van der Waals surface area contributed by atoms with Crippen molar-refractivity contribution in [1.29, 1.82) is 0 Å². The van der Waals surface area contributed by atoms with Gasteiger partial charge in [0.2, 0.25) is 11.7 Å². The van der Waals surface area contributed by atoms with Gasteiger partial charge in [0.15, 0.2) is 5.76 Å². The fourth-order valence-corrected chi connectivity index (χ4v) is 2.95. The normalized spacial score (nSPS) is 15.6. The number of hydrogen-bond donors (Lipinski definition) is 3. The summed E-state index contributed by atoms with van der Waals surface area (Å²) in [7, 11) is 0. The van der Waals surface area contributed by atoms with Gasteiger partial charge in [0.25, 0.3) is 0 Å². The van der Waals surface area contributed by atoms with Gasteiger partial charge in [-0.15, -0.1) is 0 Å². The van der Waals surface area contributed by atoms with Gasteiger partial charge in [-0.25, -0.2) is 4.98 Å². The second-order valence-corrected chi connectivity index (χ2v) is 5.92. The van der Waals surface area contributed by atoms with Crippen LogP contribution in [-0.4, -0.2) is 25.9 Å². The van der Waals surface area contributed by atoms with Crippen LogP contribution in [0.2, 0.25) is 0 Å². The zero-order valence-electron chi connectivity index (χ0n) is 13.5. The topological polar surface area (TPSA) is 95.7 Å². The van der Waals surface area contributed by atoms with E-state index in [0.29, 0.717) is 5.88 Å². The van der Waals surface area contributed by atoms with E-state index in [0.717, 1.165) is 33.2 Å². The molecule has 126 valence electrons. The number of ether oxygens (including phenoxy) is 1. The quantitative estimate of drug-likeness (QED) is 0.496. The molecule has 3 N–H and O–H groups in total. The van der Waals surface area contributed by atoms with Crippen LogP contribution in [0.25, 0.3) is 28.0 Å². The third-order valence-electron chi connectivity index (χ3n) is 4.20. The van der Waals surface area contributed by atoms with Crippen molar-refractivity contribution in [1.82, 2.24) is 20.2 Å². The van der Waals surface area contributed by atoms with E-state index in [1.165, 1.54) is 6.08 Å². The summed E-state index contributed by atoms with van der Waals surface area (Å²) < 4.78 is 5.70. The molecule has 7 heteroatoms. The fourth-order valence-electron chi connectivity index (χ4n) is 2.95. The Balaban J connectivity index is 1.40. The molecule has 5 rings (SSSR count). The molecule has 0 atom stereocenters. The molecule has 0 bridgehead atoms. The van der Waals surface area contributed by atoms with Crippen LogP contribution in [0.15, 0.2) is 66.6 Å². The van der Waals surface area contributed by atoms with E-state index in [4.69, 9.17) is 4.74 Å². The molecular formula is C19H13N5O2. The highest BCUT2D eigenvalue weighted by Crippen LogP contribution is 2.26. The first-order valence-corrected chi connectivity index (χ1v) is 8.04. The molecule has 1 aliphatic heterocycles. The van der Waals surface area contributed by atoms with Gasteiger partial charge in [-0.05, 0) is 36.4 Å². The van der Waals surface area contributed by atoms with Crippen molar-refractivity contribution in [3.8, 4) is 0 Å². The van der Waals surface area contributed by atoms with E-state index in [1.54, 1.807) is 24.7 Å². The Labute approximate surface area is 147 Å².